The Morgan fingerprint density at radius 1 is 1.00 bits per heavy atom. The third kappa shape index (κ3) is 3.54. The van der Waals surface area contributed by atoms with Crippen LogP contribution in [0.5, 0.6) is 0 Å². The van der Waals surface area contributed by atoms with Crippen molar-refractivity contribution in [3.05, 3.63) is 70.7 Å². The number of piperazine rings is 1. The molecule has 0 radical (unpaired) electrons. The van der Waals surface area contributed by atoms with Gasteiger partial charge in [0.1, 0.15) is 5.54 Å². The van der Waals surface area contributed by atoms with Crippen molar-refractivity contribution in [2.24, 2.45) is 11.8 Å². The molecule has 3 aliphatic rings. The van der Waals surface area contributed by atoms with E-state index in [0.717, 1.165) is 5.56 Å². The molecular formula is C27H28ClN3O5. The molecule has 36 heavy (non-hydrogen) atoms. The third-order valence-corrected chi connectivity index (χ3v) is 7.92. The maximum Gasteiger partial charge on any atom is 0.250 e. The maximum absolute atomic E-state index is 14.4. The summed E-state index contributed by atoms with van der Waals surface area (Å²) in [5, 5.41) is 0.514. The topological polar surface area (TPSA) is 87.2 Å². The quantitative estimate of drug-likeness (QED) is 0.535. The first-order chi connectivity index (χ1) is 17.3. The van der Waals surface area contributed by atoms with Crippen LogP contribution in [0, 0.1) is 11.8 Å². The smallest absolute Gasteiger partial charge is 0.250 e. The van der Waals surface area contributed by atoms with Gasteiger partial charge in [0.2, 0.25) is 23.6 Å². The molecule has 5 rings (SSSR count). The van der Waals surface area contributed by atoms with E-state index in [0.29, 0.717) is 10.6 Å². The predicted molar refractivity (Wildman–Crippen MR) is 132 cm³/mol. The monoisotopic (exact) mass is 509 g/mol. The van der Waals surface area contributed by atoms with Crippen molar-refractivity contribution in [3.63, 3.8) is 0 Å². The number of rotatable bonds is 7. The van der Waals surface area contributed by atoms with Crippen LogP contribution in [0.2, 0.25) is 5.02 Å². The number of amides is 4. The van der Waals surface area contributed by atoms with E-state index in [1.165, 1.54) is 16.9 Å². The molecule has 8 nitrogen and oxygen atoms in total. The SMILES string of the molecule is CCN1C(=O)C2C(c3ccc(Cl)cc3)N3C(=O)CN(CCOC)C(=O)[C@@]3(Cc3ccccc3)C2C1=O. The fourth-order valence-electron chi connectivity index (χ4n) is 6.22. The number of hydrogen-bond donors (Lipinski definition) is 0. The fourth-order valence-corrected chi connectivity index (χ4v) is 6.34. The van der Waals surface area contributed by atoms with Crippen LogP contribution < -0.4 is 0 Å². The number of fused-ring (bicyclic) bond motifs is 3. The lowest BCUT2D eigenvalue weighted by Gasteiger charge is -2.49. The summed E-state index contributed by atoms with van der Waals surface area (Å²) >= 11 is 6.14. The Balaban J connectivity index is 1.74. The van der Waals surface area contributed by atoms with E-state index in [9.17, 15) is 19.2 Å². The summed E-state index contributed by atoms with van der Waals surface area (Å²) in [4.78, 5) is 60.0. The second kappa shape index (κ2) is 9.33. The van der Waals surface area contributed by atoms with Gasteiger partial charge < -0.3 is 14.5 Å². The molecule has 3 heterocycles. The largest absolute Gasteiger partial charge is 0.383 e. The molecule has 3 unspecified atom stereocenters. The van der Waals surface area contributed by atoms with Crippen LogP contribution in [-0.4, -0.2) is 77.2 Å². The van der Waals surface area contributed by atoms with E-state index < -0.39 is 29.3 Å². The lowest BCUT2D eigenvalue weighted by molar-refractivity contribution is -0.169. The zero-order chi connectivity index (χ0) is 25.6. The Kier molecular flexibility index (Phi) is 6.34. The van der Waals surface area contributed by atoms with Crippen LogP contribution in [0.3, 0.4) is 0 Å². The number of carbonyl (C=O) groups is 4. The summed E-state index contributed by atoms with van der Waals surface area (Å²) in [5.41, 5.74) is -0.0475. The first-order valence-electron chi connectivity index (χ1n) is 12.1. The zero-order valence-corrected chi connectivity index (χ0v) is 21.0. The minimum Gasteiger partial charge on any atom is -0.383 e. The molecule has 2 aromatic carbocycles. The van der Waals surface area contributed by atoms with Crippen molar-refractivity contribution in [3.8, 4) is 0 Å². The standard InChI is InChI=1S/C27H28ClN3O5/c1-3-30-24(33)21-22(25(30)34)27(15-17-7-5-4-6-8-17)26(35)29(13-14-36-2)16-20(32)31(27)23(21)18-9-11-19(28)12-10-18/h4-12,21-23H,3,13-16H2,1-2H3/t21?,22?,23?,27-/m1/s1. The predicted octanol–water partition coefficient (Wildman–Crippen LogP) is 2.31. The maximum atomic E-state index is 14.4. The highest BCUT2D eigenvalue weighted by atomic mass is 35.5. The molecule has 3 aliphatic heterocycles. The second-order valence-corrected chi connectivity index (χ2v) is 9.93. The van der Waals surface area contributed by atoms with Gasteiger partial charge in [-0.25, -0.2) is 0 Å². The van der Waals surface area contributed by atoms with Crippen molar-refractivity contribution < 1.29 is 23.9 Å². The summed E-state index contributed by atoms with van der Waals surface area (Å²) in [6.07, 6.45) is 0.129. The van der Waals surface area contributed by atoms with E-state index in [1.807, 2.05) is 30.3 Å². The molecule has 3 saturated heterocycles. The molecule has 2 aromatic rings. The van der Waals surface area contributed by atoms with E-state index in [2.05, 4.69) is 0 Å². The van der Waals surface area contributed by atoms with Gasteiger partial charge in [-0.2, -0.15) is 0 Å². The Bertz CT molecular complexity index is 1200. The van der Waals surface area contributed by atoms with Crippen LogP contribution in [-0.2, 0) is 30.3 Å². The first-order valence-corrected chi connectivity index (χ1v) is 12.5. The molecule has 0 aliphatic carbocycles. The van der Waals surface area contributed by atoms with Crippen molar-refractivity contribution >= 4 is 35.2 Å². The van der Waals surface area contributed by atoms with Gasteiger partial charge in [0.25, 0.3) is 0 Å². The molecule has 0 N–H and O–H groups in total. The molecular weight excluding hydrogens is 482 g/mol. The van der Waals surface area contributed by atoms with E-state index >= 15 is 0 Å². The summed E-state index contributed by atoms with van der Waals surface area (Å²) in [6, 6.07) is 15.5. The van der Waals surface area contributed by atoms with Gasteiger partial charge in [-0.3, -0.25) is 24.1 Å². The van der Waals surface area contributed by atoms with Crippen LogP contribution in [0.25, 0.3) is 0 Å². The molecule has 0 aromatic heterocycles. The molecule has 4 atom stereocenters. The van der Waals surface area contributed by atoms with E-state index in [4.69, 9.17) is 16.3 Å². The highest BCUT2D eigenvalue weighted by Crippen LogP contribution is 2.57. The van der Waals surface area contributed by atoms with Gasteiger partial charge in [-0.05, 0) is 30.2 Å². The van der Waals surface area contributed by atoms with Crippen molar-refractivity contribution in [1.29, 1.82) is 0 Å². The third-order valence-electron chi connectivity index (χ3n) is 7.67. The average molecular weight is 510 g/mol. The van der Waals surface area contributed by atoms with Gasteiger partial charge in [0, 0.05) is 31.6 Å². The second-order valence-electron chi connectivity index (χ2n) is 9.49. The molecule has 0 bridgehead atoms. The molecule has 9 heteroatoms. The van der Waals surface area contributed by atoms with Crippen LogP contribution in [0.1, 0.15) is 24.1 Å². The Hall–Kier alpha value is -3.23. The fraction of sp³-hybridized carbons (Fsp3) is 0.407. The summed E-state index contributed by atoms with van der Waals surface area (Å²) in [7, 11) is 1.53. The van der Waals surface area contributed by atoms with Gasteiger partial charge in [-0.1, -0.05) is 54.1 Å². The Morgan fingerprint density at radius 2 is 1.69 bits per heavy atom. The number of benzene rings is 2. The van der Waals surface area contributed by atoms with Crippen LogP contribution in [0.15, 0.2) is 54.6 Å². The lowest BCUT2D eigenvalue weighted by atomic mass is 9.74. The Labute approximate surface area is 214 Å². The minimum atomic E-state index is -1.53. The highest BCUT2D eigenvalue weighted by molar-refractivity contribution is 6.30. The summed E-state index contributed by atoms with van der Waals surface area (Å²) in [6.45, 7) is 2.28. The number of halogens is 1. The zero-order valence-electron chi connectivity index (χ0n) is 20.2. The highest BCUT2D eigenvalue weighted by Gasteiger charge is 2.74. The number of carbonyl (C=O) groups excluding carboxylic acids is 4. The molecule has 188 valence electrons. The van der Waals surface area contributed by atoms with Crippen LogP contribution in [0.4, 0.5) is 0 Å². The number of methoxy groups -OCH3 is 1. The number of likely N-dealkylation sites (tertiary alicyclic amines) is 1. The number of nitrogens with zero attached hydrogens (tertiary/aromatic N) is 3. The summed E-state index contributed by atoms with van der Waals surface area (Å²) in [5.74, 6) is -3.23. The first kappa shape index (κ1) is 24.5. The van der Waals surface area contributed by atoms with Gasteiger partial charge in [0.05, 0.1) is 31.0 Å². The van der Waals surface area contributed by atoms with Crippen molar-refractivity contribution in [2.45, 2.75) is 24.9 Å². The molecule has 4 amide bonds. The number of ether oxygens (including phenoxy) is 1. The Morgan fingerprint density at radius 3 is 2.33 bits per heavy atom. The molecule has 0 spiro atoms. The minimum absolute atomic E-state index is 0.129. The van der Waals surface area contributed by atoms with E-state index in [-0.39, 0.29) is 50.4 Å². The van der Waals surface area contributed by atoms with Gasteiger partial charge >= 0.3 is 0 Å². The van der Waals surface area contributed by atoms with Gasteiger partial charge in [0.15, 0.2) is 0 Å². The summed E-state index contributed by atoms with van der Waals surface area (Å²) < 4.78 is 5.19. The van der Waals surface area contributed by atoms with Crippen molar-refractivity contribution in [2.75, 3.05) is 33.4 Å². The average Bonchev–Trinajstić information content (AvgIpc) is 3.32. The normalized spacial score (nSPS) is 27.6. The lowest BCUT2D eigenvalue weighted by Crippen LogP contribution is -2.70. The number of imide groups is 1. The molecule has 3 fully saturated rings. The molecule has 0 saturated carbocycles. The van der Waals surface area contributed by atoms with Crippen LogP contribution >= 0.6 is 11.6 Å². The van der Waals surface area contributed by atoms with Gasteiger partial charge in [-0.15, -0.1) is 0 Å². The van der Waals surface area contributed by atoms with E-state index in [1.54, 1.807) is 36.1 Å². The number of hydrogen-bond acceptors (Lipinski definition) is 5. The van der Waals surface area contributed by atoms with Crippen molar-refractivity contribution in [1.82, 2.24) is 14.7 Å².